The van der Waals surface area contributed by atoms with E-state index in [1.54, 1.807) is 9.80 Å². The van der Waals surface area contributed by atoms with Crippen LogP contribution in [-0.4, -0.2) is 89.1 Å². The monoisotopic (exact) mass is 746 g/mol. The van der Waals surface area contributed by atoms with E-state index >= 15 is 0 Å². The van der Waals surface area contributed by atoms with Gasteiger partial charge in [-0.2, -0.15) is 0 Å². The van der Waals surface area contributed by atoms with Crippen molar-refractivity contribution in [3.8, 4) is 33.6 Å². The van der Waals surface area contributed by atoms with Crippen molar-refractivity contribution in [2.45, 2.75) is 94.8 Å². The molecule has 2 aliphatic heterocycles. The van der Waals surface area contributed by atoms with Gasteiger partial charge in [-0.3, -0.25) is 9.59 Å². The summed E-state index contributed by atoms with van der Waals surface area (Å²) in [6.07, 6.45) is 7.88. The van der Waals surface area contributed by atoms with Crippen LogP contribution in [0.2, 0.25) is 0 Å². The van der Waals surface area contributed by atoms with Crippen LogP contribution in [0.4, 0.5) is 9.59 Å². The molecule has 2 saturated carbocycles. The van der Waals surface area contributed by atoms with E-state index in [2.05, 4.69) is 70.8 Å². The molecule has 6 N–H and O–H groups in total. The summed E-state index contributed by atoms with van der Waals surface area (Å²) >= 11 is 0. The summed E-state index contributed by atoms with van der Waals surface area (Å²) in [6, 6.07) is 11.1. The fourth-order valence-corrected chi connectivity index (χ4v) is 9.25. The molecule has 4 heterocycles. The summed E-state index contributed by atoms with van der Waals surface area (Å²) in [5, 5.41) is 23.7. The van der Waals surface area contributed by atoms with Gasteiger partial charge < -0.3 is 40.6 Å². The molecule has 4 fully saturated rings. The third-order valence-electron chi connectivity index (χ3n) is 12.5. The third-order valence-corrected chi connectivity index (χ3v) is 12.5. The van der Waals surface area contributed by atoms with Crippen molar-refractivity contribution in [2.24, 2.45) is 11.8 Å². The highest BCUT2D eigenvalue weighted by Crippen LogP contribution is 2.51. The van der Waals surface area contributed by atoms with Crippen LogP contribution >= 0.6 is 0 Å². The predicted molar refractivity (Wildman–Crippen MR) is 202 cm³/mol. The zero-order valence-corrected chi connectivity index (χ0v) is 31.0. The molecular weight excluding hydrogens is 701 g/mol. The van der Waals surface area contributed by atoms with Gasteiger partial charge in [0.15, 0.2) is 0 Å². The number of nitrogens with one attached hydrogen (secondary N) is 4. The summed E-state index contributed by atoms with van der Waals surface area (Å²) < 4.78 is 0. The maximum atomic E-state index is 13.5. The highest BCUT2D eigenvalue weighted by Gasteiger charge is 2.45. The SMILES string of the molecule is CC1(C)c2cc(-c3cnc(C4CCCN4C(=O)C(NC(=O)O)C4CC4)[nH]3)ccc2-c2ccc(-c3cnc([C@@H]4CCCN4C(=O)[C@@H](NC(=O)O)C4CC4)[nH]3)cc21. The number of rotatable bonds is 10. The number of aromatic nitrogens is 4. The van der Waals surface area contributed by atoms with E-state index in [1.165, 1.54) is 22.3 Å². The molecule has 2 aromatic carbocycles. The second-order valence-electron chi connectivity index (χ2n) is 16.4. The molecule has 4 atom stereocenters. The largest absolute Gasteiger partial charge is 0.465 e. The number of aromatic amines is 2. The molecule has 14 heteroatoms. The number of fused-ring (bicyclic) bond motifs is 3. The van der Waals surface area contributed by atoms with E-state index in [9.17, 15) is 29.4 Å². The molecule has 3 aliphatic carbocycles. The Kier molecular flexibility index (Phi) is 8.46. The first kappa shape index (κ1) is 35.1. The molecular formula is C41H46N8O6. The number of hydrogen-bond donors (Lipinski definition) is 6. The first-order chi connectivity index (χ1) is 26.5. The van der Waals surface area contributed by atoms with E-state index in [0.717, 1.165) is 73.9 Å². The highest BCUT2D eigenvalue weighted by molar-refractivity contribution is 5.88. The van der Waals surface area contributed by atoms with Crippen LogP contribution in [0.3, 0.4) is 0 Å². The van der Waals surface area contributed by atoms with Crippen LogP contribution in [-0.2, 0) is 15.0 Å². The van der Waals surface area contributed by atoms with E-state index in [-0.39, 0.29) is 41.1 Å². The van der Waals surface area contributed by atoms with Gasteiger partial charge in [0.1, 0.15) is 23.7 Å². The minimum Gasteiger partial charge on any atom is -0.465 e. The van der Waals surface area contributed by atoms with Gasteiger partial charge in [0.05, 0.1) is 35.9 Å². The number of carbonyl (C=O) groups excluding carboxylic acids is 2. The van der Waals surface area contributed by atoms with Gasteiger partial charge in [-0.25, -0.2) is 19.6 Å². The van der Waals surface area contributed by atoms with Gasteiger partial charge in [-0.15, -0.1) is 0 Å². The first-order valence-electron chi connectivity index (χ1n) is 19.5. The molecule has 2 saturated heterocycles. The lowest BCUT2D eigenvalue weighted by atomic mass is 9.81. The molecule has 9 rings (SSSR count). The molecule has 0 bridgehead atoms. The summed E-state index contributed by atoms with van der Waals surface area (Å²) in [5.74, 6) is 1.19. The molecule has 5 aliphatic rings. The number of hydrogen-bond acceptors (Lipinski definition) is 6. The molecule has 0 radical (unpaired) electrons. The molecule has 55 heavy (non-hydrogen) atoms. The minimum atomic E-state index is -1.17. The lowest BCUT2D eigenvalue weighted by Gasteiger charge is -2.28. The van der Waals surface area contributed by atoms with Crippen molar-refractivity contribution in [2.75, 3.05) is 13.1 Å². The molecule has 0 spiro atoms. The summed E-state index contributed by atoms with van der Waals surface area (Å²) in [7, 11) is 0. The topological polar surface area (TPSA) is 197 Å². The zero-order valence-electron chi connectivity index (χ0n) is 31.0. The summed E-state index contributed by atoms with van der Waals surface area (Å²) in [5.41, 5.74) is 8.14. The van der Waals surface area contributed by atoms with Crippen molar-refractivity contribution in [1.82, 2.24) is 40.4 Å². The number of likely N-dealkylation sites (tertiary alicyclic amines) is 2. The van der Waals surface area contributed by atoms with Crippen LogP contribution in [0.1, 0.15) is 100 Å². The van der Waals surface area contributed by atoms with E-state index < -0.39 is 24.3 Å². The van der Waals surface area contributed by atoms with Crippen LogP contribution in [0.15, 0.2) is 48.8 Å². The number of amides is 4. The number of nitrogens with zero attached hydrogens (tertiary/aromatic N) is 4. The average molecular weight is 747 g/mol. The Labute approximate surface area is 318 Å². The van der Waals surface area contributed by atoms with E-state index in [4.69, 9.17) is 9.97 Å². The summed E-state index contributed by atoms with van der Waals surface area (Å²) in [6.45, 7) is 5.61. The molecule has 2 unspecified atom stereocenters. The summed E-state index contributed by atoms with van der Waals surface area (Å²) in [4.78, 5) is 70.0. The highest BCUT2D eigenvalue weighted by atomic mass is 16.4. The smallest absolute Gasteiger partial charge is 0.405 e. The van der Waals surface area contributed by atoms with Crippen molar-refractivity contribution in [3.05, 3.63) is 71.6 Å². The molecule has 4 aromatic rings. The predicted octanol–water partition coefficient (Wildman–Crippen LogP) is 6.19. The number of carbonyl (C=O) groups is 4. The zero-order chi connectivity index (χ0) is 38.2. The maximum Gasteiger partial charge on any atom is 0.405 e. The Hall–Kier alpha value is -5.66. The number of imidazole rings is 2. The maximum absolute atomic E-state index is 13.5. The molecule has 2 aromatic heterocycles. The van der Waals surface area contributed by atoms with Crippen LogP contribution < -0.4 is 10.6 Å². The van der Waals surface area contributed by atoms with E-state index in [0.29, 0.717) is 24.7 Å². The Morgan fingerprint density at radius 1 is 0.691 bits per heavy atom. The number of carboxylic acid groups (broad SMARTS) is 2. The Balaban J connectivity index is 0.932. The van der Waals surface area contributed by atoms with Gasteiger partial charge in [-0.05, 0) is 109 Å². The van der Waals surface area contributed by atoms with Gasteiger partial charge >= 0.3 is 12.2 Å². The minimum absolute atomic E-state index is 0.0552. The van der Waals surface area contributed by atoms with Crippen molar-refractivity contribution in [1.29, 1.82) is 0 Å². The molecule has 14 nitrogen and oxygen atoms in total. The normalized spacial score (nSPS) is 22.2. The third kappa shape index (κ3) is 6.30. The van der Waals surface area contributed by atoms with Gasteiger partial charge in [-0.1, -0.05) is 38.1 Å². The van der Waals surface area contributed by atoms with Crippen LogP contribution in [0.25, 0.3) is 33.6 Å². The Morgan fingerprint density at radius 2 is 1.11 bits per heavy atom. The fraction of sp³-hybridized carbons (Fsp3) is 0.463. The Bertz CT molecular complexity index is 2050. The van der Waals surface area contributed by atoms with Crippen LogP contribution in [0, 0.1) is 11.8 Å². The lowest BCUT2D eigenvalue weighted by Crippen LogP contribution is -2.49. The second kappa shape index (κ2) is 13.3. The molecule has 286 valence electrons. The average Bonchev–Trinajstić information content (AvgIpc) is 3.84. The Morgan fingerprint density at radius 3 is 1.49 bits per heavy atom. The first-order valence-corrected chi connectivity index (χ1v) is 19.5. The van der Waals surface area contributed by atoms with Gasteiger partial charge in [0.25, 0.3) is 0 Å². The number of benzene rings is 2. The van der Waals surface area contributed by atoms with Gasteiger partial charge in [0.2, 0.25) is 11.8 Å². The lowest BCUT2D eigenvalue weighted by molar-refractivity contribution is -0.135. The van der Waals surface area contributed by atoms with Gasteiger partial charge in [0, 0.05) is 18.5 Å². The standard InChI is InChI=1S/C41H46N8O6/c1-41(2)27-17-23(29-19-42-35(44-29)31-5-3-15-48(31)37(50)33(21-7-8-21)46-39(52)53)11-13-25(27)26-14-12-24(18-28(26)41)30-20-43-36(45-30)32-6-4-16-49(32)38(51)34(22-9-10-22)47-40(54)55/h11-14,17-22,31-34,46-47H,3-10,15-16H2,1-2H3,(H,42,44)(H,43,45)(H,52,53)(H,54,55)/t31-,32?,33-,34?/m0/s1. The van der Waals surface area contributed by atoms with Crippen molar-refractivity contribution in [3.63, 3.8) is 0 Å². The quantitative estimate of drug-likeness (QED) is 0.110. The fourth-order valence-electron chi connectivity index (χ4n) is 9.25. The number of H-pyrrole nitrogens is 2. The second-order valence-corrected chi connectivity index (χ2v) is 16.4. The van der Waals surface area contributed by atoms with Crippen molar-refractivity contribution >= 4 is 24.0 Å². The van der Waals surface area contributed by atoms with Crippen molar-refractivity contribution < 1.29 is 29.4 Å². The molecule has 4 amide bonds. The van der Waals surface area contributed by atoms with E-state index in [1.807, 2.05) is 12.4 Å². The van der Waals surface area contributed by atoms with Crippen LogP contribution in [0.5, 0.6) is 0 Å².